The average molecular weight is 473 g/mol. The molecule has 5 aromatic rings. The zero-order valence-corrected chi connectivity index (χ0v) is 19.7. The minimum atomic E-state index is 0.422. The van der Waals surface area contributed by atoms with E-state index < -0.39 is 0 Å². The van der Waals surface area contributed by atoms with E-state index in [2.05, 4.69) is 34.1 Å². The monoisotopic (exact) mass is 472 g/mol. The lowest BCUT2D eigenvalue weighted by Crippen LogP contribution is -1.99. The first-order valence-corrected chi connectivity index (χ1v) is 12.5. The topological polar surface area (TPSA) is 61.3 Å². The molecule has 0 unspecified atom stereocenters. The summed E-state index contributed by atoms with van der Waals surface area (Å²) < 4.78 is 17.7. The summed E-state index contributed by atoms with van der Waals surface area (Å²) in [5.74, 6) is 10.1. The van der Waals surface area contributed by atoms with Gasteiger partial charge >= 0.3 is 0 Å². The van der Waals surface area contributed by atoms with Gasteiger partial charge in [0.25, 0.3) is 0 Å². The minimum absolute atomic E-state index is 0.422. The Kier molecular flexibility index (Phi) is 5.10. The second kappa shape index (κ2) is 8.73. The molecular weight excluding hydrogens is 448 g/mol. The Morgan fingerprint density at radius 1 is 0.833 bits per heavy atom. The van der Waals surface area contributed by atoms with Crippen LogP contribution in [0.3, 0.4) is 0 Å². The fourth-order valence-electron chi connectivity index (χ4n) is 4.41. The van der Waals surface area contributed by atoms with E-state index in [9.17, 15) is 0 Å². The van der Waals surface area contributed by atoms with Crippen molar-refractivity contribution in [3.8, 4) is 28.8 Å². The van der Waals surface area contributed by atoms with Gasteiger partial charge in [0.2, 0.25) is 0 Å². The molecule has 0 radical (unpaired) electrons. The normalized spacial score (nSPS) is 15.0. The molecule has 5 heteroatoms. The standard InChI is InChI=1S/C31H24N2O3/c1-2-4-22(5-3-1)29-26(30(36-33-29)23-11-12-23)19-34-25-15-8-20(9-16-25)6-7-21-10-17-28-27(18-21)32-31(35-28)24-13-14-24/h1-5,8-10,15-18,23-24H,11-14,19H2. The first-order chi connectivity index (χ1) is 17.8. The Balaban J connectivity index is 1.06. The molecule has 7 rings (SSSR count). The predicted molar refractivity (Wildman–Crippen MR) is 137 cm³/mol. The van der Waals surface area contributed by atoms with Gasteiger partial charge in [-0.15, -0.1) is 0 Å². The van der Waals surface area contributed by atoms with Crippen molar-refractivity contribution in [3.63, 3.8) is 0 Å². The van der Waals surface area contributed by atoms with Crippen LogP contribution in [-0.4, -0.2) is 10.1 Å². The molecule has 0 spiro atoms. The van der Waals surface area contributed by atoms with Gasteiger partial charge in [-0.1, -0.05) is 47.3 Å². The smallest absolute Gasteiger partial charge is 0.198 e. The largest absolute Gasteiger partial charge is 0.489 e. The maximum atomic E-state index is 6.16. The Morgan fingerprint density at radius 3 is 2.36 bits per heavy atom. The van der Waals surface area contributed by atoms with Gasteiger partial charge in [0.05, 0.1) is 5.56 Å². The van der Waals surface area contributed by atoms with Crippen LogP contribution in [0.1, 0.15) is 65.9 Å². The second-order valence-electron chi connectivity index (χ2n) is 9.59. The summed E-state index contributed by atoms with van der Waals surface area (Å²) in [4.78, 5) is 4.63. The highest BCUT2D eigenvalue weighted by molar-refractivity contribution is 5.75. The summed E-state index contributed by atoms with van der Waals surface area (Å²) in [5.41, 5.74) is 6.51. The number of fused-ring (bicyclic) bond motifs is 1. The van der Waals surface area contributed by atoms with E-state index in [1.807, 2.05) is 60.7 Å². The molecule has 2 saturated carbocycles. The zero-order chi connectivity index (χ0) is 23.9. The summed E-state index contributed by atoms with van der Waals surface area (Å²) in [7, 11) is 0. The minimum Gasteiger partial charge on any atom is -0.489 e. The molecule has 2 aromatic heterocycles. The third-order valence-corrected chi connectivity index (χ3v) is 6.73. The SMILES string of the molecule is C(#Cc1ccc2oc(C3CC3)nc2c1)c1ccc(OCc2c(-c3ccccc3)noc2C2CC2)cc1. The van der Waals surface area contributed by atoms with Crippen LogP contribution in [0.25, 0.3) is 22.4 Å². The van der Waals surface area contributed by atoms with Gasteiger partial charge < -0.3 is 13.7 Å². The number of oxazole rings is 1. The molecule has 2 aliphatic rings. The molecule has 36 heavy (non-hydrogen) atoms. The highest BCUT2D eigenvalue weighted by atomic mass is 16.5. The molecule has 0 bridgehead atoms. The van der Waals surface area contributed by atoms with Crippen molar-refractivity contribution in [3.05, 3.63) is 101 Å². The predicted octanol–water partition coefficient (Wildman–Crippen LogP) is 7.22. The highest BCUT2D eigenvalue weighted by Crippen LogP contribution is 2.44. The second-order valence-corrected chi connectivity index (χ2v) is 9.59. The number of hydrogen-bond acceptors (Lipinski definition) is 5. The van der Waals surface area contributed by atoms with Crippen LogP contribution in [0.5, 0.6) is 5.75 Å². The number of nitrogens with zero attached hydrogens (tertiary/aromatic N) is 2. The maximum absolute atomic E-state index is 6.16. The van der Waals surface area contributed by atoms with E-state index in [0.29, 0.717) is 18.4 Å². The summed E-state index contributed by atoms with van der Waals surface area (Å²) >= 11 is 0. The van der Waals surface area contributed by atoms with Gasteiger partial charge in [-0.25, -0.2) is 4.98 Å². The quantitative estimate of drug-likeness (QED) is 0.244. The zero-order valence-electron chi connectivity index (χ0n) is 19.7. The lowest BCUT2D eigenvalue weighted by atomic mass is 10.0. The Labute approximate surface area is 209 Å². The van der Waals surface area contributed by atoms with Crippen LogP contribution in [0.15, 0.2) is 81.7 Å². The molecule has 0 saturated heterocycles. The number of ether oxygens (including phenoxy) is 1. The summed E-state index contributed by atoms with van der Waals surface area (Å²) in [6.45, 7) is 0.422. The third kappa shape index (κ3) is 4.27. The summed E-state index contributed by atoms with van der Waals surface area (Å²) in [6.07, 6.45) is 4.65. The van der Waals surface area contributed by atoms with Gasteiger partial charge in [-0.2, -0.15) is 0 Å². The Bertz CT molecular complexity index is 1590. The van der Waals surface area contributed by atoms with Crippen molar-refractivity contribution in [2.24, 2.45) is 0 Å². The third-order valence-electron chi connectivity index (χ3n) is 6.73. The van der Waals surface area contributed by atoms with E-state index in [0.717, 1.165) is 69.3 Å². The molecule has 0 aliphatic heterocycles. The molecule has 176 valence electrons. The molecule has 0 N–H and O–H groups in total. The number of aromatic nitrogens is 2. The van der Waals surface area contributed by atoms with Gasteiger partial charge in [0.15, 0.2) is 11.5 Å². The van der Waals surface area contributed by atoms with Crippen LogP contribution >= 0.6 is 0 Å². The van der Waals surface area contributed by atoms with Gasteiger partial charge in [-0.3, -0.25) is 0 Å². The fourth-order valence-corrected chi connectivity index (χ4v) is 4.41. The van der Waals surface area contributed by atoms with Gasteiger partial charge in [-0.05, 0) is 68.1 Å². The van der Waals surface area contributed by atoms with Crippen molar-refractivity contribution in [2.75, 3.05) is 0 Å². The van der Waals surface area contributed by atoms with Crippen molar-refractivity contribution >= 4 is 11.1 Å². The average Bonchev–Trinajstić information content (AvgIpc) is 3.86. The summed E-state index contributed by atoms with van der Waals surface area (Å²) in [6, 6.07) is 24.0. The van der Waals surface area contributed by atoms with Crippen molar-refractivity contribution < 1.29 is 13.7 Å². The molecule has 3 aromatic carbocycles. The van der Waals surface area contributed by atoms with Crippen LogP contribution in [0.4, 0.5) is 0 Å². The number of hydrogen-bond donors (Lipinski definition) is 0. The Hall–Kier alpha value is -4.30. The molecular formula is C31H24N2O3. The first kappa shape index (κ1) is 21.0. The van der Waals surface area contributed by atoms with E-state index in [1.165, 1.54) is 12.8 Å². The highest BCUT2D eigenvalue weighted by Gasteiger charge is 2.33. The molecule has 5 nitrogen and oxygen atoms in total. The number of rotatable bonds is 6. The lowest BCUT2D eigenvalue weighted by Gasteiger charge is -2.08. The number of benzene rings is 3. The molecule has 0 atom stereocenters. The fraction of sp³-hybridized carbons (Fsp3) is 0.226. The summed E-state index contributed by atoms with van der Waals surface area (Å²) in [5, 5.41) is 4.38. The van der Waals surface area contributed by atoms with Crippen LogP contribution in [0.2, 0.25) is 0 Å². The maximum Gasteiger partial charge on any atom is 0.198 e. The van der Waals surface area contributed by atoms with Crippen molar-refractivity contribution in [1.29, 1.82) is 0 Å². The Morgan fingerprint density at radius 2 is 1.58 bits per heavy atom. The van der Waals surface area contributed by atoms with Gasteiger partial charge in [0, 0.05) is 28.5 Å². The van der Waals surface area contributed by atoms with E-state index in [4.69, 9.17) is 13.7 Å². The van der Waals surface area contributed by atoms with E-state index in [1.54, 1.807) is 0 Å². The molecule has 2 heterocycles. The van der Waals surface area contributed by atoms with Crippen LogP contribution in [0, 0.1) is 11.8 Å². The van der Waals surface area contributed by atoms with Crippen molar-refractivity contribution in [2.45, 2.75) is 44.1 Å². The van der Waals surface area contributed by atoms with Crippen molar-refractivity contribution in [1.82, 2.24) is 10.1 Å². The molecule has 0 amide bonds. The molecule has 2 aliphatic carbocycles. The van der Waals surface area contributed by atoms with E-state index in [-0.39, 0.29) is 0 Å². The lowest BCUT2D eigenvalue weighted by molar-refractivity contribution is 0.300. The molecule has 2 fully saturated rings. The van der Waals surface area contributed by atoms with Crippen LogP contribution in [-0.2, 0) is 6.61 Å². The first-order valence-electron chi connectivity index (χ1n) is 12.5. The van der Waals surface area contributed by atoms with Crippen LogP contribution < -0.4 is 4.74 Å². The van der Waals surface area contributed by atoms with Gasteiger partial charge in [0.1, 0.15) is 29.3 Å². The van der Waals surface area contributed by atoms with E-state index >= 15 is 0 Å².